The van der Waals surface area contributed by atoms with Gasteiger partial charge in [0.1, 0.15) is 0 Å². The van der Waals surface area contributed by atoms with Crippen molar-refractivity contribution in [1.29, 1.82) is 0 Å². The number of aromatic nitrogens is 4. The van der Waals surface area contributed by atoms with Crippen molar-refractivity contribution in [3.8, 4) is 0 Å². The first-order valence-electron chi connectivity index (χ1n) is 18.1. The first-order chi connectivity index (χ1) is 27.4. The number of H-pyrrole nitrogens is 2. The SMILES string of the molecule is CC1=C(CCC(=O)O)c2cc3nc(cc4[nH]c(cc5[nH]c(cc1n2)c(CCC(=O)O)c5CCC(=O)O)c(CCC(=O)O)c4CC(=O)O)C(CCC(=O)O)=C3CC(=O)O. The monoisotopic (exact) mass is 800 g/mol. The van der Waals surface area contributed by atoms with Crippen LogP contribution in [0.25, 0.3) is 44.4 Å². The minimum Gasteiger partial charge on any atom is -0.481 e. The largest absolute Gasteiger partial charge is 0.481 e. The highest BCUT2D eigenvalue weighted by atomic mass is 16.4. The van der Waals surface area contributed by atoms with Gasteiger partial charge in [0.25, 0.3) is 0 Å². The zero-order chi connectivity index (χ0) is 42.4. The molecule has 3 aromatic rings. The Labute approximate surface area is 328 Å². The number of hydrogen-bond acceptors (Lipinski definition) is 9. The molecule has 0 atom stereocenters. The average Bonchev–Trinajstić information content (AvgIpc) is 3.80. The number of aryl methyl sites for hydroxylation is 3. The van der Waals surface area contributed by atoms with Crippen molar-refractivity contribution in [1.82, 2.24) is 19.9 Å². The zero-order valence-corrected chi connectivity index (χ0v) is 31.2. The van der Waals surface area contributed by atoms with Crippen LogP contribution in [-0.4, -0.2) is 97.5 Å². The highest BCUT2D eigenvalue weighted by Crippen LogP contribution is 2.40. The third-order valence-corrected chi connectivity index (χ3v) is 9.90. The van der Waals surface area contributed by atoms with Crippen LogP contribution in [0.1, 0.15) is 103 Å². The number of fused-ring (bicyclic) bond motifs is 8. The van der Waals surface area contributed by atoms with Gasteiger partial charge in [-0.2, -0.15) is 0 Å². The molecule has 18 heteroatoms. The van der Waals surface area contributed by atoms with Gasteiger partial charge in [0, 0.05) is 54.2 Å². The standard InChI is InChI=1S/C40H40N4O14/c1-18-19(2-7-34(45)46)27-15-32-24(12-39(55)56)23(6-11-38(53)54)31(44-32)17-33-25(13-40(57)58)22(5-10-37(51)52)30(43-33)16-29-21(4-9-36(49)50)20(3-8-35(47)48)28(42-29)14-26(18)41-27/h14-17,42-43H,2-13H2,1H3,(H,45,46)(H,47,48)(H,49,50)(H,51,52)(H,53,54)(H,55,56)(H,57,58). The van der Waals surface area contributed by atoms with Gasteiger partial charge in [-0.05, 0) is 108 Å². The molecule has 0 unspecified atom stereocenters. The molecule has 8 bridgehead atoms. The van der Waals surface area contributed by atoms with Crippen molar-refractivity contribution in [3.63, 3.8) is 0 Å². The van der Waals surface area contributed by atoms with E-state index in [0.29, 0.717) is 39.0 Å². The summed E-state index contributed by atoms with van der Waals surface area (Å²) in [6.45, 7) is 1.70. The van der Waals surface area contributed by atoms with Gasteiger partial charge in [-0.15, -0.1) is 0 Å². The molecule has 0 amide bonds. The molecule has 5 rings (SSSR count). The molecule has 0 aliphatic carbocycles. The number of nitrogens with zero attached hydrogens (tertiary/aromatic N) is 2. The predicted octanol–water partition coefficient (Wildman–Crippen LogP) is 5.04. The first kappa shape index (κ1) is 42.0. The molecule has 18 nitrogen and oxygen atoms in total. The third-order valence-electron chi connectivity index (χ3n) is 9.90. The van der Waals surface area contributed by atoms with Gasteiger partial charge in [-0.3, -0.25) is 33.6 Å². The van der Waals surface area contributed by atoms with Gasteiger partial charge < -0.3 is 45.7 Å². The molecule has 0 aromatic carbocycles. The number of carbonyl (C=O) groups is 7. The molecule has 0 radical (unpaired) electrons. The van der Waals surface area contributed by atoms with Gasteiger partial charge in [0.2, 0.25) is 0 Å². The lowest BCUT2D eigenvalue weighted by molar-refractivity contribution is -0.138. The van der Waals surface area contributed by atoms with Crippen LogP contribution in [0.5, 0.6) is 0 Å². The number of hydrogen-bond donors (Lipinski definition) is 9. The number of aliphatic carboxylic acids is 7. The van der Waals surface area contributed by atoms with Crippen LogP contribution < -0.4 is 0 Å². The fourth-order valence-corrected chi connectivity index (χ4v) is 7.30. The van der Waals surface area contributed by atoms with Crippen molar-refractivity contribution in [3.05, 3.63) is 69.3 Å². The smallest absolute Gasteiger partial charge is 0.307 e. The van der Waals surface area contributed by atoms with E-state index in [-0.39, 0.29) is 102 Å². The van der Waals surface area contributed by atoms with Crippen LogP contribution in [-0.2, 0) is 59.2 Å². The molecule has 5 heterocycles. The van der Waals surface area contributed by atoms with Crippen LogP contribution in [0.2, 0.25) is 0 Å². The van der Waals surface area contributed by atoms with Crippen molar-refractivity contribution < 1.29 is 69.3 Å². The Hall–Kier alpha value is -7.11. The number of aromatic amines is 2. The lowest BCUT2D eigenvalue weighted by Gasteiger charge is -2.06. The molecule has 3 aromatic heterocycles. The Kier molecular flexibility index (Phi) is 12.9. The summed E-state index contributed by atoms with van der Waals surface area (Å²) < 4.78 is 0. The normalized spacial score (nSPS) is 12.5. The number of nitrogens with one attached hydrogen (secondary N) is 2. The van der Waals surface area contributed by atoms with E-state index in [2.05, 4.69) is 9.97 Å². The highest BCUT2D eigenvalue weighted by molar-refractivity contribution is 6.01. The maximum atomic E-state index is 12.3. The number of rotatable bonds is 19. The van der Waals surface area contributed by atoms with Crippen LogP contribution in [0.15, 0.2) is 24.3 Å². The maximum Gasteiger partial charge on any atom is 0.307 e. The fourth-order valence-electron chi connectivity index (χ4n) is 7.30. The van der Waals surface area contributed by atoms with Crippen LogP contribution in [0.3, 0.4) is 0 Å². The van der Waals surface area contributed by atoms with E-state index in [1.165, 1.54) is 12.1 Å². The molecule has 0 spiro atoms. The molecule has 2 aliphatic heterocycles. The first-order valence-corrected chi connectivity index (χ1v) is 18.1. The third kappa shape index (κ3) is 10.00. The second-order valence-corrected chi connectivity index (χ2v) is 13.8. The number of carboxylic acids is 7. The average molecular weight is 801 g/mol. The van der Waals surface area contributed by atoms with E-state index in [9.17, 15) is 69.3 Å². The van der Waals surface area contributed by atoms with E-state index in [0.717, 1.165) is 0 Å². The van der Waals surface area contributed by atoms with E-state index >= 15 is 0 Å². The van der Waals surface area contributed by atoms with Crippen molar-refractivity contribution in [2.45, 2.75) is 84.0 Å². The zero-order valence-electron chi connectivity index (χ0n) is 31.2. The predicted molar refractivity (Wildman–Crippen MR) is 206 cm³/mol. The van der Waals surface area contributed by atoms with Gasteiger partial charge in [0.05, 0.1) is 35.6 Å². The molecule has 9 N–H and O–H groups in total. The Bertz CT molecular complexity index is 2490. The Morgan fingerprint density at radius 2 is 0.776 bits per heavy atom. The molecule has 0 fully saturated rings. The lowest BCUT2D eigenvalue weighted by atomic mass is 9.96. The van der Waals surface area contributed by atoms with Crippen LogP contribution in [0, 0.1) is 0 Å². The van der Waals surface area contributed by atoms with Crippen LogP contribution in [0.4, 0.5) is 0 Å². The highest BCUT2D eigenvalue weighted by Gasteiger charge is 2.27. The van der Waals surface area contributed by atoms with E-state index in [1.807, 2.05) is 0 Å². The summed E-state index contributed by atoms with van der Waals surface area (Å²) in [5.41, 5.74) is 4.53. The molecular formula is C40H40N4O14. The molecule has 0 saturated heterocycles. The topological polar surface area (TPSA) is 318 Å². The second-order valence-electron chi connectivity index (χ2n) is 13.8. The summed E-state index contributed by atoms with van der Waals surface area (Å²) in [7, 11) is 0. The Morgan fingerprint density at radius 3 is 1.26 bits per heavy atom. The molecule has 0 saturated carbocycles. The fraction of sp³-hybridized carbons (Fsp3) is 0.325. The second kappa shape index (κ2) is 17.8. The lowest BCUT2D eigenvalue weighted by Crippen LogP contribution is -2.04. The Morgan fingerprint density at radius 1 is 0.414 bits per heavy atom. The van der Waals surface area contributed by atoms with Gasteiger partial charge in [-0.25, -0.2) is 9.97 Å². The van der Waals surface area contributed by atoms with Crippen LogP contribution >= 0.6 is 0 Å². The maximum absolute atomic E-state index is 12.3. The van der Waals surface area contributed by atoms with Crippen molar-refractivity contribution in [2.24, 2.45) is 0 Å². The van der Waals surface area contributed by atoms with Gasteiger partial charge in [-0.1, -0.05) is 0 Å². The van der Waals surface area contributed by atoms with Crippen molar-refractivity contribution >= 4 is 86.1 Å². The summed E-state index contributed by atoms with van der Waals surface area (Å²) in [5.74, 6) is -8.28. The van der Waals surface area contributed by atoms with E-state index in [4.69, 9.17) is 9.97 Å². The number of carboxylic acid groups (broad SMARTS) is 7. The number of allylic oxidation sites excluding steroid dienone is 3. The quantitative estimate of drug-likeness (QED) is 0.0767. The molecule has 58 heavy (non-hydrogen) atoms. The van der Waals surface area contributed by atoms with E-state index in [1.54, 1.807) is 19.1 Å². The molecule has 2 aliphatic rings. The summed E-state index contributed by atoms with van der Waals surface area (Å²) >= 11 is 0. The minimum absolute atomic E-state index is 0.00418. The minimum atomic E-state index is -1.28. The van der Waals surface area contributed by atoms with Gasteiger partial charge in [0.15, 0.2) is 0 Å². The summed E-state index contributed by atoms with van der Waals surface area (Å²) in [4.78, 5) is 99.6. The molecular weight excluding hydrogens is 760 g/mol. The van der Waals surface area contributed by atoms with Crippen molar-refractivity contribution in [2.75, 3.05) is 0 Å². The van der Waals surface area contributed by atoms with E-state index < -0.39 is 67.5 Å². The van der Waals surface area contributed by atoms with Gasteiger partial charge >= 0.3 is 41.8 Å². The summed E-state index contributed by atoms with van der Waals surface area (Å²) in [6, 6.07) is 6.07. The summed E-state index contributed by atoms with van der Waals surface area (Å²) in [6.07, 6.45) is -3.52. The summed E-state index contributed by atoms with van der Waals surface area (Å²) in [5, 5.41) is 68.2. The Balaban J connectivity index is 2.04. The molecule has 304 valence electrons.